The molecule has 22 heavy (non-hydrogen) atoms. The Morgan fingerprint density at radius 2 is 2.23 bits per heavy atom. The van der Waals surface area contributed by atoms with Crippen molar-refractivity contribution in [1.82, 2.24) is 40.3 Å². The average molecular weight is 304 g/mol. The van der Waals surface area contributed by atoms with E-state index in [4.69, 9.17) is 0 Å². The maximum atomic E-state index is 4.55. The number of hydrogen-bond acceptors (Lipinski definition) is 6. The van der Waals surface area contributed by atoms with Gasteiger partial charge in [-0.1, -0.05) is 20.3 Å². The summed E-state index contributed by atoms with van der Waals surface area (Å²) in [7, 11) is 0. The third-order valence-corrected chi connectivity index (χ3v) is 4.10. The lowest BCUT2D eigenvalue weighted by atomic mass is 10.1. The summed E-state index contributed by atoms with van der Waals surface area (Å²) in [5.41, 5.74) is 0. The number of hydrogen-bond donors (Lipinski definition) is 1. The second kappa shape index (κ2) is 6.95. The summed E-state index contributed by atoms with van der Waals surface area (Å²) >= 11 is 0. The lowest BCUT2D eigenvalue weighted by Crippen LogP contribution is -2.38. The number of rotatable bonds is 7. The minimum Gasteiger partial charge on any atom is -0.305 e. The number of tetrazole rings is 1. The Morgan fingerprint density at radius 1 is 1.32 bits per heavy atom. The highest BCUT2D eigenvalue weighted by atomic mass is 15.5. The highest BCUT2D eigenvalue weighted by molar-refractivity contribution is 4.98. The van der Waals surface area contributed by atoms with Crippen molar-refractivity contribution < 1.29 is 0 Å². The maximum Gasteiger partial charge on any atom is 0.165 e. The number of aromatic nitrogens is 7. The molecule has 0 fully saturated rings. The van der Waals surface area contributed by atoms with Crippen LogP contribution in [0.15, 0.2) is 0 Å². The van der Waals surface area contributed by atoms with E-state index < -0.39 is 0 Å². The maximum absolute atomic E-state index is 4.55. The Kier molecular flexibility index (Phi) is 4.77. The molecule has 0 bridgehead atoms. The van der Waals surface area contributed by atoms with E-state index in [2.05, 4.69) is 44.8 Å². The molecule has 0 aliphatic carbocycles. The van der Waals surface area contributed by atoms with E-state index in [1.807, 2.05) is 9.36 Å². The molecular formula is C14H24N8. The lowest BCUT2D eigenvalue weighted by Gasteiger charge is -2.23. The molecule has 0 amide bonds. The van der Waals surface area contributed by atoms with Crippen LogP contribution >= 0.6 is 0 Å². The number of nitrogens with one attached hydrogen (secondary N) is 1. The standard InChI is InChI=1S/C14H24N8/c1-3-5-8-21-14(17-19-20-21)9-15-11-6-7-13-16-12(4-2)18-22(13)10-11/h11,15H,3-10H2,1-2H3/t11-/m1/s1. The summed E-state index contributed by atoms with van der Waals surface area (Å²) in [6.45, 7) is 6.72. The van der Waals surface area contributed by atoms with Crippen LogP contribution in [0.5, 0.6) is 0 Å². The molecule has 2 aromatic heterocycles. The molecule has 0 saturated carbocycles. The summed E-state index contributed by atoms with van der Waals surface area (Å²) in [5, 5.41) is 20.1. The van der Waals surface area contributed by atoms with Crippen LogP contribution in [0.1, 0.15) is 50.6 Å². The van der Waals surface area contributed by atoms with Crippen molar-refractivity contribution in [3.63, 3.8) is 0 Å². The molecule has 3 heterocycles. The normalized spacial score (nSPS) is 17.6. The molecule has 1 N–H and O–H groups in total. The quantitative estimate of drug-likeness (QED) is 0.811. The smallest absolute Gasteiger partial charge is 0.165 e. The van der Waals surface area contributed by atoms with E-state index >= 15 is 0 Å². The first-order chi connectivity index (χ1) is 10.8. The van der Waals surface area contributed by atoms with Crippen LogP contribution < -0.4 is 5.32 Å². The van der Waals surface area contributed by atoms with E-state index in [1.54, 1.807) is 0 Å². The van der Waals surface area contributed by atoms with Crippen molar-refractivity contribution in [2.75, 3.05) is 0 Å². The van der Waals surface area contributed by atoms with Gasteiger partial charge in [0, 0.05) is 25.4 Å². The monoisotopic (exact) mass is 304 g/mol. The molecule has 1 aliphatic rings. The number of fused-ring (bicyclic) bond motifs is 1. The van der Waals surface area contributed by atoms with Gasteiger partial charge in [-0.3, -0.25) is 0 Å². The van der Waals surface area contributed by atoms with Gasteiger partial charge in [0.15, 0.2) is 11.6 Å². The van der Waals surface area contributed by atoms with Gasteiger partial charge >= 0.3 is 0 Å². The Morgan fingerprint density at radius 3 is 3.05 bits per heavy atom. The first-order valence-electron chi connectivity index (χ1n) is 8.21. The van der Waals surface area contributed by atoms with Gasteiger partial charge in [-0.05, 0) is 23.3 Å². The molecule has 2 aromatic rings. The van der Waals surface area contributed by atoms with Crippen molar-refractivity contribution in [3.8, 4) is 0 Å². The second-order valence-electron chi connectivity index (χ2n) is 5.77. The van der Waals surface area contributed by atoms with Gasteiger partial charge in [-0.15, -0.1) is 5.10 Å². The van der Waals surface area contributed by atoms with Gasteiger partial charge in [0.2, 0.25) is 0 Å². The molecule has 0 radical (unpaired) electrons. The van der Waals surface area contributed by atoms with E-state index in [0.29, 0.717) is 12.6 Å². The Hall–Kier alpha value is -1.83. The molecule has 0 aromatic carbocycles. The number of nitrogens with zero attached hydrogens (tertiary/aromatic N) is 7. The third kappa shape index (κ3) is 3.32. The molecule has 1 atom stereocenters. The van der Waals surface area contributed by atoms with Crippen LogP contribution in [-0.4, -0.2) is 41.0 Å². The van der Waals surface area contributed by atoms with Gasteiger partial charge < -0.3 is 5.32 Å². The molecule has 0 unspecified atom stereocenters. The molecule has 8 heteroatoms. The van der Waals surface area contributed by atoms with Gasteiger partial charge in [0.05, 0.1) is 13.1 Å². The molecule has 120 valence electrons. The summed E-state index contributed by atoms with van der Waals surface area (Å²) in [4.78, 5) is 4.55. The zero-order chi connectivity index (χ0) is 15.4. The number of unbranched alkanes of at least 4 members (excludes halogenated alkanes) is 1. The predicted octanol–water partition coefficient (Wildman–Crippen LogP) is 0.732. The molecular weight excluding hydrogens is 280 g/mol. The molecule has 3 rings (SSSR count). The van der Waals surface area contributed by atoms with Crippen molar-refractivity contribution in [3.05, 3.63) is 17.5 Å². The van der Waals surface area contributed by atoms with Crippen molar-refractivity contribution in [2.24, 2.45) is 0 Å². The minimum atomic E-state index is 0.398. The van der Waals surface area contributed by atoms with Gasteiger partial charge in [-0.25, -0.2) is 14.3 Å². The second-order valence-corrected chi connectivity index (χ2v) is 5.77. The first kappa shape index (κ1) is 15.1. The largest absolute Gasteiger partial charge is 0.305 e. The number of aryl methyl sites for hydroxylation is 3. The minimum absolute atomic E-state index is 0.398. The van der Waals surface area contributed by atoms with Gasteiger partial charge in [-0.2, -0.15) is 5.10 Å². The zero-order valence-corrected chi connectivity index (χ0v) is 13.4. The van der Waals surface area contributed by atoms with E-state index in [-0.39, 0.29) is 0 Å². The fourth-order valence-electron chi connectivity index (χ4n) is 2.74. The van der Waals surface area contributed by atoms with Crippen LogP contribution in [-0.2, 0) is 32.5 Å². The zero-order valence-electron chi connectivity index (χ0n) is 13.4. The summed E-state index contributed by atoms with van der Waals surface area (Å²) in [6.07, 6.45) is 5.20. The highest BCUT2D eigenvalue weighted by Crippen LogP contribution is 2.13. The van der Waals surface area contributed by atoms with Gasteiger partial charge in [0.1, 0.15) is 5.82 Å². The molecule has 1 aliphatic heterocycles. The summed E-state index contributed by atoms with van der Waals surface area (Å²) in [5.74, 6) is 2.97. The highest BCUT2D eigenvalue weighted by Gasteiger charge is 2.21. The fourth-order valence-corrected chi connectivity index (χ4v) is 2.74. The third-order valence-electron chi connectivity index (χ3n) is 4.10. The average Bonchev–Trinajstić information content (AvgIpc) is 3.16. The van der Waals surface area contributed by atoms with Crippen LogP contribution in [0.2, 0.25) is 0 Å². The van der Waals surface area contributed by atoms with E-state index in [1.165, 1.54) is 0 Å². The molecule has 0 spiro atoms. The summed E-state index contributed by atoms with van der Waals surface area (Å²) < 4.78 is 3.94. The Balaban J connectivity index is 1.55. The SMILES string of the molecule is CCCCn1nnnc1CN[C@@H]1CCc2nc(CC)nn2C1. The van der Waals surface area contributed by atoms with Crippen molar-refractivity contribution in [2.45, 2.75) is 71.6 Å². The van der Waals surface area contributed by atoms with Crippen LogP contribution in [0.25, 0.3) is 0 Å². The van der Waals surface area contributed by atoms with E-state index in [9.17, 15) is 0 Å². The first-order valence-corrected chi connectivity index (χ1v) is 8.21. The van der Waals surface area contributed by atoms with Crippen LogP contribution in [0.4, 0.5) is 0 Å². The Bertz CT molecular complexity index is 602. The topological polar surface area (TPSA) is 86.3 Å². The molecule has 8 nitrogen and oxygen atoms in total. The van der Waals surface area contributed by atoms with E-state index in [0.717, 1.165) is 62.7 Å². The summed E-state index contributed by atoms with van der Waals surface area (Å²) in [6, 6.07) is 0.398. The molecule has 0 saturated heterocycles. The van der Waals surface area contributed by atoms with Crippen molar-refractivity contribution >= 4 is 0 Å². The lowest BCUT2D eigenvalue weighted by molar-refractivity contribution is 0.351. The van der Waals surface area contributed by atoms with Crippen LogP contribution in [0, 0.1) is 0 Å². The fraction of sp³-hybridized carbons (Fsp3) is 0.786. The van der Waals surface area contributed by atoms with Gasteiger partial charge in [0.25, 0.3) is 0 Å². The predicted molar refractivity (Wildman–Crippen MR) is 81.1 cm³/mol. The van der Waals surface area contributed by atoms with Crippen LogP contribution in [0.3, 0.4) is 0 Å². The van der Waals surface area contributed by atoms with Crippen molar-refractivity contribution in [1.29, 1.82) is 0 Å². The Labute approximate surface area is 130 Å².